The maximum absolute atomic E-state index is 13.6. The Bertz CT molecular complexity index is 854. The molecule has 2 aromatic carbocycles. The van der Waals surface area contributed by atoms with Crippen molar-refractivity contribution >= 4 is 11.8 Å². The van der Waals surface area contributed by atoms with Crippen molar-refractivity contribution in [1.29, 1.82) is 0 Å². The van der Waals surface area contributed by atoms with E-state index in [-0.39, 0.29) is 30.5 Å². The number of carbonyl (C=O) groups excluding carboxylic acids is 2. The van der Waals surface area contributed by atoms with Gasteiger partial charge >= 0.3 is 0 Å². The molecule has 0 spiro atoms. The van der Waals surface area contributed by atoms with E-state index < -0.39 is 17.5 Å². The predicted molar refractivity (Wildman–Crippen MR) is 98.2 cm³/mol. The molecule has 3 rings (SSSR count). The molecule has 2 amide bonds. The van der Waals surface area contributed by atoms with Crippen molar-refractivity contribution < 1.29 is 18.4 Å². The van der Waals surface area contributed by atoms with Crippen LogP contribution in [-0.4, -0.2) is 30.3 Å². The van der Waals surface area contributed by atoms with Crippen LogP contribution in [0.2, 0.25) is 0 Å². The largest absolute Gasteiger partial charge is 0.351 e. The van der Waals surface area contributed by atoms with Crippen LogP contribution in [0.25, 0.3) is 0 Å². The van der Waals surface area contributed by atoms with Gasteiger partial charge in [0.2, 0.25) is 5.91 Å². The smallest absolute Gasteiger partial charge is 0.254 e. The van der Waals surface area contributed by atoms with Crippen molar-refractivity contribution in [3.05, 3.63) is 70.8 Å². The standard InChI is InChI=1S/C21H22F2N2O2/c1-25(19-8-4-6-14-5-2-3-7-16(14)19)20(26)11-12-24-21(27)17-10-9-15(22)13-18(17)23/h2-3,5,7,9-10,13,19H,4,6,8,11-12H2,1H3,(H,24,27). The minimum atomic E-state index is -0.922. The zero-order valence-electron chi connectivity index (χ0n) is 15.2. The summed E-state index contributed by atoms with van der Waals surface area (Å²) in [5.74, 6) is -2.41. The number of nitrogens with one attached hydrogen (secondary N) is 1. The van der Waals surface area contributed by atoms with Gasteiger partial charge in [0, 0.05) is 26.1 Å². The third-order valence-electron chi connectivity index (χ3n) is 5.00. The number of nitrogens with zero attached hydrogens (tertiary/aromatic N) is 1. The van der Waals surface area contributed by atoms with Crippen molar-refractivity contribution in [3.63, 3.8) is 0 Å². The zero-order valence-corrected chi connectivity index (χ0v) is 15.2. The first-order valence-corrected chi connectivity index (χ1v) is 9.04. The van der Waals surface area contributed by atoms with Crippen LogP contribution in [0.1, 0.15) is 46.8 Å². The van der Waals surface area contributed by atoms with Crippen molar-refractivity contribution in [2.24, 2.45) is 0 Å². The van der Waals surface area contributed by atoms with Gasteiger partial charge in [-0.25, -0.2) is 8.78 Å². The lowest BCUT2D eigenvalue weighted by atomic mass is 9.87. The van der Waals surface area contributed by atoms with Gasteiger partial charge in [-0.05, 0) is 42.5 Å². The van der Waals surface area contributed by atoms with Crippen LogP contribution in [0.3, 0.4) is 0 Å². The van der Waals surface area contributed by atoms with Gasteiger partial charge in [0.15, 0.2) is 0 Å². The quantitative estimate of drug-likeness (QED) is 0.872. The van der Waals surface area contributed by atoms with Gasteiger partial charge in [-0.2, -0.15) is 0 Å². The number of aryl methyl sites for hydroxylation is 1. The van der Waals surface area contributed by atoms with Gasteiger partial charge < -0.3 is 10.2 Å². The summed E-state index contributed by atoms with van der Waals surface area (Å²) in [6, 6.07) is 10.9. The lowest BCUT2D eigenvalue weighted by molar-refractivity contribution is -0.132. The molecule has 0 aliphatic heterocycles. The van der Waals surface area contributed by atoms with Crippen LogP contribution in [0.5, 0.6) is 0 Å². The van der Waals surface area contributed by atoms with Crippen LogP contribution in [-0.2, 0) is 11.2 Å². The first-order valence-electron chi connectivity index (χ1n) is 9.04. The number of hydrogen-bond donors (Lipinski definition) is 1. The molecule has 1 aliphatic carbocycles. The van der Waals surface area contributed by atoms with Crippen molar-refractivity contribution in [2.75, 3.05) is 13.6 Å². The van der Waals surface area contributed by atoms with E-state index in [0.29, 0.717) is 6.07 Å². The molecular formula is C21H22F2N2O2. The molecule has 27 heavy (non-hydrogen) atoms. The molecule has 1 unspecified atom stereocenters. The highest BCUT2D eigenvalue weighted by Crippen LogP contribution is 2.33. The summed E-state index contributed by atoms with van der Waals surface area (Å²) in [4.78, 5) is 26.3. The van der Waals surface area contributed by atoms with Crippen LogP contribution >= 0.6 is 0 Å². The second kappa shape index (κ2) is 8.29. The first kappa shape index (κ1) is 19.0. The highest BCUT2D eigenvalue weighted by Gasteiger charge is 2.26. The fraction of sp³-hybridized carbons (Fsp3) is 0.333. The molecular weight excluding hydrogens is 350 g/mol. The van der Waals surface area contributed by atoms with E-state index in [2.05, 4.69) is 17.4 Å². The fourth-order valence-electron chi connectivity index (χ4n) is 3.53. The Kier molecular flexibility index (Phi) is 5.84. The Morgan fingerprint density at radius 3 is 2.74 bits per heavy atom. The molecule has 1 atom stereocenters. The maximum atomic E-state index is 13.6. The Labute approximate surface area is 157 Å². The SMILES string of the molecule is CN(C(=O)CCNC(=O)c1ccc(F)cc1F)C1CCCc2ccccc21. The Balaban J connectivity index is 1.56. The Hall–Kier alpha value is -2.76. The second-order valence-electron chi connectivity index (χ2n) is 6.74. The molecule has 4 nitrogen and oxygen atoms in total. The fourth-order valence-corrected chi connectivity index (χ4v) is 3.53. The average molecular weight is 372 g/mol. The number of carbonyl (C=O) groups is 2. The minimum Gasteiger partial charge on any atom is -0.351 e. The van der Waals surface area contributed by atoms with E-state index in [9.17, 15) is 18.4 Å². The van der Waals surface area contributed by atoms with E-state index in [1.54, 1.807) is 11.9 Å². The molecule has 0 saturated carbocycles. The van der Waals surface area contributed by atoms with Gasteiger partial charge in [0.1, 0.15) is 11.6 Å². The number of rotatable bonds is 5. The van der Waals surface area contributed by atoms with Crippen LogP contribution in [0.15, 0.2) is 42.5 Å². The van der Waals surface area contributed by atoms with Gasteiger partial charge in [-0.3, -0.25) is 9.59 Å². The highest BCUT2D eigenvalue weighted by molar-refractivity contribution is 5.94. The van der Waals surface area contributed by atoms with Crippen LogP contribution < -0.4 is 5.32 Å². The maximum Gasteiger partial charge on any atom is 0.254 e. The van der Waals surface area contributed by atoms with E-state index in [0.717, 1.165) is 31.4 Å². The Morgan fingerprint density at radius 1 is 1.19 bits per heavy atom. The van der Waals surface area contributed by atoms with E-state index in [1.807, 2.05) is 12.1 Å². The van der Waals surface area contributed by atoms with E-state index >= 15 is 0 Å². The summed E-state index contributed by atoms with van der Waals surface area (Å²) in [5, 5.41) is 2.52. The normalized spacial score (nSPS) is 15.7. The molecule has 0 fully saturated rings. The van der Waals surface area contributed by atoms with Crippen molar-refractivity contribution in [3.8, 4) is 0 Å². The van der Waals surface area contributed by atoms with Crippen LogP contribution in [0, 0.1) is 11.6 Å². The third-order valence-corrected chi connectivity index (χ3v) is 5.00. The number of benzene rings is 2. The molecule has 0 bridgehead atoms. The molecule has 1 N–H and O–H groups in total. The molecule has 2 aromatic rings. The highest BCUT2D eigenvalue weighted by atomic mass is 19.1. The number of fused-ring (bicyclic) bond motifs is 1. The molecule has 142 valence electrons. The average Bonchev–Trinajstić information content (AvgIpc) is 2.66. The topological polar surface area (TPSA) is 49.4 Å². The lowest BCUT2D eigenvalue weighted by Gasteiger charge is -2.33. The summed E-state index contributed by atoms with van der Waals surface area (Å²) >= 11 is 0. The van der Waals surface area contributed by atoms with E-state index in [4.69, 9.17) is 0 Å². The molecule has 0 saturated heterocycles. The number of amides is 2. The molecule has 0 radical (unpaired) electrons. The van der Waals surface area contributed by atoms with Gasteiger partial charge in [0.05, 0.1) is 11.6 Å². The van der Waals surface area contributed by atoms with Crippen molar-refractivity contribution in [2.45, 2.75) is 31.7 Å². The summed E-state index contributed by atoms with van der Waals surface area (Å²) in [7, 11) is 1.77. The first-order chi connectivity index (χ1) is 13.0. The monoisotopic (exact) mass is 372 g/mol. The zero-order chi connectivity index (χ0) is 19.4. The number of hydrogen-bond acceptors (Lipinski definition) is 2. The second-order valence-corrected chi connectivity index (χ2v) is 6.74. The van der Waals surface area contributed by atoms with Gasteiger partial charge in [-0.1, -0.05) is 24.3 Å². The van der Waals surface area contributed by atoms with Gasteiger partial charge in [-0.15, -0.1) is 0 Å². The summed E-state index contributed by atoms with van der Waals surface area (Å²) in [6.45, 7) is 0.0905. The third kappa shape index (κ3) is 4.32. The summed E-state index contributed by atoms with van der Waals surface area (Å²) in [5.41, 5.74) is 2.21. The predicted octanol–water partition coefficient (Wildman–Crippen LogP) is 3.62. The van der Waals surface area contributed by atoms with Crippen LogP contribution in [0.4, 0.5) is 8.78 Å². The van der Waals surface area contributed by atoms with Gasteiger partial charge in [0.25, 0.3) is 5.91 Å². The summed E-state index contributed by atoms with van der Waals surface area (Å²) < 4.78 is 26.5. The molecule has 6 heteroatoms. The van der Waals surface area contributed by atoms with Crippen molar-refractivity contribution in [1.82, 2.24) is 10.2 Å². The molecule has 0 heterocycles. The van der Waals surface area contributed by atoms with E-state index in [1.165, 1.54) is 11.1 Å². The molecule has 0 aromatic heterocycles. The summed E-state index contributed by atoms with van der Waals surface area (Å²) in [6.07, 6.45) is 3.07. The molecule has 1 aliphatic rings. The lowest BCUT2D eigenvalue weighted by Crippen LogP contribution is -2.36. The number of halogens is 2. The minimum absolute atomic E-state index is 0.0349. The Morgan fingerprint density at radius 2 is 1.96 bits per heavy atom.